The van der Waals surface area contributed by atoms with Gasteiger partial charge >= 0.3 is 6.18 Å². The molecule has 2 rings (SSSR count). The van der Waals surface area contributed by atoms with Gasteiger partial charge in [0.1, 0.15) is 0 Å². The van der Waals surface area contributed by atoms with Crippen molar-refractivity contribution in [2.45, 2.75) is 25.1 Å². The zero-order chi connectivity index (χ0) is 19.9. The van der Waals surface area contributed by atoms with E-state index < -0.39 is 12.7 Å². The fourth-order valence-electron chi connectivity index (χ4n) is 3.11. The van der Waals surface area contributed by atoms with Crippen molar-refractivity contribution < 1.29 is 13.2 Å². The van der Waals surface area contributed by atoms with Crippen molar-refractivity contribution in [3.63, 3.8) is 0 Å². The maximum absolute atomic E-state index is 12.3. The van der Waals surface area contributed by atoms with E-state index in [0.29, 0.717) is 25.5 Å². The van der Waals surface area contributed by atoms with Crippen LogP contribution in [0.4, 0.5) is 18.9 Å². The number of aliphatic imine (C=N–C) groups is 1. The summed E-state index contributed by atoms with van der Waals surface area (Å²) in [5.74, 6) is 0.673. The highest BCUT2D eigenvalue weighted by Gasteiger charge is 2.28. The topological polar surface area (TPSA) is 42.9 Å². The average molecular weight is 406 g/mol. The number of hydrogen-bond donors (Lipinski definition) is 2. The Bertz CT molecular complexity index is 623. The molecule has 1 fully saturated rings. The minimum atomic E-state index is -4.16. The number of nitrogens with zero attached hydrogens (tertiary/aromatic N) is 3. The van der Waals surface area contributed by atoms with E-state index in [0.717, 1.165) is 30.2 Å². The molecule has 9 heteroatoms. The SMILES string of the molecule is CN=C(NCCCN(C)CC(F)(F)F)NC1CCN(c2cccc(Cl)c2)C1. The molecule has 1 aromatic rings. The first-order chi connectivity index (χ1) is 12.8. The molecule has 1 saturated heterocycles. The summed E-state index contributed by atoms with van der Waals surface area (Å²) in [6.45, 7) is 1.82. The van der Waals surface area contributed by atoms with Gasteiger partial charge in [-0.15, -0.1) is 0 Å². The number of hydrogen-bond acceptors (Lipinski definition) is 3. The molecule has 5 nitrogen and oxygen atoms in total. The van der Waals surface area contributed by atoms with Gasteiger partial charge in [0, 0.05) is 43.4 Å². The number of nitrogens with one attached hydrogen (secondary N) is 2. The van der Waals surface area contributed by atoms with Gasteiger partial charge in [-0.25, -0.2) is 0 Å². The lowest BCUT2D eigenvalue weighted by Gasteiger charge is -2.21. The molecule has 1 aliphatic heterocycles. The standard InChI is InChI=1S/C18H27ClF3N5/c1-23-17(24-8-4-9-26(2)13-18(20,21)22)25-15-7-10-27(12-15)16-6-3-5-14(19)11-16/h3,5-6,11,15H,4,7-10,12-13H2,1-2H3,(H2,23,24,25). The van der Waals surface area contributed by atoms with Gasteiger partial charge in [-0.2, -0.15) is 13.2 Å². The van der Waals surface area contributed by atoms with E-state index in [1.165, 1.54) is 11.9 Å². The first-order valence-corrected chi connectivity index (χ1v) is 9.37. The van der Waals surface area contributed by atoms with Gasteiger partial charge in [0.05, 0.1) is 6.54 Å². The summed E-state index contributed by atoms with van der Waals surface area (Å²) in [4.78, 5) is 7.74. The van der Waals surface area contributed by atoms with E-state index in [1.54, 1.807) is 7.05 Å². The Hall–Kier alpha value is -1.67. The number of alkyl halides is 3. The van der Waals surface area contributed by atoms with E-state index in [4.69, 9.17) is 11.6 Å². The molecule has 1 unspecified atom stereocenters. The molecule has 2 N–H and O–H groups in total. The average Bonchev–Trinajstić information content (AvgIpc) is 3.04. The molecule has 1 aromatic carbocycles. The normalized spacial score (nSPS) is 18.3. The lowest BCUT2D eigenvalue weighted by molar-refractivity contribution is -0.143. The van der Waals surface area contributed by atoms with Crippen LogP contribution in [0, 0.1) is 0 Å². The molecule has 0 saturated carbocycles. The van der Waals surface area contributed by atoms with Crippen LogP contribution in [0.15, 0.2) is 29.3 Å². The predicted octanol–water partition coefficient (Wildman–Crippen LogP) is 2.97. The van der Waals surface area contributed by atoms with E-state index in [1.807, 2.05) is 24.3 Å². The quantitative estimate of drug-likeness (QED) is 0.416. The van der Waals surface area contributed by atoms with Crippen LogP contribution >= 0.6 is 11.6 Å². The molecule has 0 bridgehead atoms. The van der Waals surface area contributed by atoms with Crippen LogP contribution in [0.5, 0.6) is 0 Å². The third-order valence-corrected chi connectivity index (χ3v) is 4.62. The van der Waals surface area contributed by atoms with Crippen LogP contribution in [0.2, 0.25) is 5.02 Å². The van der Waals surface area contributed by atoms with Gasteiger partial charge in [-0.1, -0.05) is 17.7 Å². The van der Waals surface area contributed by atoms with E-state index in [9.17, 15) is 13.2 Å². The zero-order valence-electron chi connectivity index (χ0n) is 15.7. The Labute approximate surface area is 163 Å². The molecular formula is C18H27ClF3N5. The van der Waals surface area contributed by atoms with Crippen LogP contribution in [-0.2, 0) is 0 Å². The lowest BCUT2D eigenvalue weighted by atomic mass is 10.2. The number of guanidine groups is 1. The molecule has 0 aromatic heterocycles. The Kier molecular flexibility index (Phi) is 8.04. The van der Waals surface area contributed by atoms with Gasteiger partial charge in [0.25, 0.3) is 0 Å². The van der Waals surface area contributed by atoms with Gasteiger partial charge in [-0.3, -0.25) is 9.89 Å². The molecule has 27 heavy (non-hydrogen) atoms. The number of anilines is 1. The largest absolute Gasteiger partial charge is 0.401 e. The first kappa shape index (κ1) is 21.6. The van der Waals surface area contributed by atoms with Gasteiger partial charge in [0.15, 0.2) is 5.96 Å². The molecular weight excluding hydrogens is 379 g/mol. The van der Waals surface area contributed by atoms with Crippen LogP contribution in [0.25, 0.3) is 0 Å². The van der Waals surface area contributed by atoms with Gasteiger partial charge in [0.2, 0.25) is 0 Å². The van der Waals surface area contributed by atoms with Crippen LogP contribution in [0.3, 0.4) is 0 Å². The maximum atomic E-state index is 12.3. The second-order valence-electron chi connectivity index (χ2n) is 6.76. The van der Waals surface area contributed by atoms with Crippen molar-refractivity contribution in [2.24, 2.45) is 4.99 Å². The molecule has 0 radical (unpaired) electrons. The van der Waals surface area contributed by atoms with Crippen LogP contribution in [-0.4, -0.2) is 69.9 Å². The smallest absolute Gasteiger partial charge is 0.369 e. The maximum Gasteiger partial charge on any atom is 0.401 e. The van der Waals surface area contributed by atoms with E-state index in [-0.39, 0.29) is 6.04 Å². The molecule has 0 amide bonds. The van der Waals surface area contributed by atoms with Crippen molar-refractivity contribution in [1.82, 2.24) is 15.5 Å². The van der Waals surface area contributed by atoms with Crippen molar-refractivity contribution >= 4 is 23.2 Å². The second-order valence-corrected chi connectivity index (χ2v) is 7.20. The lowest BCUT2D eigenvalue weighted by Crippen LogP contribution is -2.45. The highest BCUT2D eigenvalue weighted by molar-refractivity contribution is 6.30. The van der Waals surface area contributed by atoms with Crippen molar-refractivity contribution in [2.75, 3.05) is 51.7 Å². The predicted molar refractivity (Wildman–Crippen MR) is 105 cm³/mol. The highest BCUT2D eigenvalue weighted by Crippen LogP contribution is 2.23. The van der Waals surface area contributed by atoms with Crippen molar-refractivity contribution in [1.29, 1.82) is 0 Å². The number of halogens is 4. The van der Waals surface area contributed by atoms with Crippen molar-refractivity contribution in [3.8, 4) is 0 Å². The number of benzene rings is 1. The summed E-state index contributed by atoms with van der Waals surface area (Å²) < 4.78 is 36.9. The molecule has 1 heterocycles. The zero-order valence-corrected chi connectivity index (χ0v) is 16.4. The van der Waals surface area contributed by atoms with Gasteiger partial charge < -0.3 is 15.5 Å². The number of rotatable bonds is 7. The minimum absolute atomic E-state index is 0.253. The van der Waals surface area contributed by atoms with E-state index >= 15 is 0 Å². The Morgan fingerprint density at radius 2 is 2.19 bits per heavy atom. The summed E-state index contributed by atoms with van der Waals surface area (Å²) in [5, 5.41) is 7.27. The third-order valence-electron chi connectivity index (χ3n) is 4.38. The minimum Gasteiger partial charge on any atom is -0.369 e. The molecule has 0 aliphatic carbocycles. The summed E-state index contributed by atoms with van der Waals surface area (Å²) in [5.41, 5.74) is 1.10. The summed E-state index contributed by atoms with van der Waals surface area (Å²) in [7, 11) is 3.16. The second kappa shape index (κ2) is 10.0. The Morgan fingerprint density at radius 1 is 1.41 bits per heavy atom. The van der Waals surface area contributed by atoms with Crippen LogP contribution in [0.1, 0.15) is 12.8 Å². The van der Waals surface area contributed by atoms with Crippen molar-refractivity contribution in [3.05, 3.63) is 29.3 Å². The molecule has 1 aliphatic rings. The Balaban J connectivity index is 1.70. The fourth-order valence-corrected chi connectivity index (χ4v) is 3.30. The molecule has 0 spiro atoms. The first-order valence-electron chi connectivity index (χ1n) is 9.00. The highest BCUT2D eigenvalue weighted by atomic mass is 35.5. The van der Waals surface area contributed by atoms with Gasteiger partial charge in [-0.05, 0) is 44.6 Å². The summed E-state index contributed by atoms with van der Waals surface area (Å²) in [6, 6.07) is 8.04. The summed E-state index contributed by atoms with van der Waals surface area (Å²) >= 11 is 6.06. The van der Waals surface area contributed by atoms with E-state index in [2.05, 4.69) is 20.5 Å². The summed E-state index contributed by atoms with van der Waals surface area (Å²) in [6.07, 6.45) is -2.58. The Morgan fingerprint density at radius 3 is 2.85 bits per heavy atom. The molecule has 1 atom stereocenters. The molecule has 152 valence electrons. The van der Waals surface area contributed by atoms with Crippen LogP contribution < -0.4 is 15.5 Å². The third kappa shape index (κ3) is 7.84. The monoisotopic (exact) mass is 405 g/mol. The fraction of sp³-hybridized carbons (Fsp3) is 0.611.